The molecule has 1 amide bonds. The van der Waals surface area contributed by atoms with Gasteiger partial charge in [-0.2, -0.15) is 0 Å². The number of nitrogens with zero attached hydrogens (tertiary/aromatic N) is 3. The Kier molecular flexibility index (Phi) is 7.06. The van der Waals surface area contributed by atoms with Crippen molar-refractivity contribution in [1.82, 2.24) is 9.80 Å². The number of likely N-dealkylation sites (tertiary alicyclic amines) is 1. The van der Waals surface area contributed by atoms with Crippen molar-refractivity contribution < 1.29 is 13.2 Å². The van der Waals surface area contributed by atoms with Crippen molar-refractivity contribution in [1.29, 1.82) is 0 Å². The van der Waals surface area contributed by atoms with Gasteiger partial charge in [-0.3, -0.25) is 9.10 Å². The Bertz CT molecular complexity index is 993. The SMILES string of the molecule is Cc1ccc(S(=O)(=O)N(C)c2ccc(C(=O)N(C)C3CCN(C(C)C)CC3)cc2)cc1. The molecular formula is C24H33N3O3S. The van der Waals surface area contributed by atoms with Crippen molar-refractivity contribution in [2.24, 2.45) is 0 Å². The summed E-state index contributed by atoms with van der Waals surface area (Å²) in [5.74, 6) is -0.0291. The summed E-state index contributed by atoms with van der Waals surface area (Å²) in [6, 6.07) is 14.3. The average molecular weight is 444 g/mol. The van der Waals surface area contributed by atoms with Crippen LogP contribution in [0.2, 0.25) is 0 Å². The van der Waals surface area contributed by atoms with E-state index >= 15 is 0 Å². The van der Waals surface area contributed by atoms with Gasteiger partial charge in [0.05, 0.1) is 10.6 Å². The number of rotatable bonds is 6. The molecule has 1 heterocycles. The Morgan fingerprint density at radius 2 is 1.52 bits per heavy atom. The standard InChI is InChI=1S/C24H33N3O3S/c1-18(2)27-16-14-21(15-17-27)25(4)24(28)20-8-10-22(11-9-20)26(5)31(29,30)23-12-6-19(3)7-13-23/h6-13,18,21H,14-17H2,1-5H3. The molecule has 1 aliphatic heterocycles. The number of carbonyl (C=O) groups excluding carboxylic acids is 1. The van der Waals surface area contributed by atoms with E-state index in [0.29, 0.717) is 17.3 Å². The van der Waals surface area contributed by atoms with E-state index in [9.17, 15) is 13.2 Å². The van der Waals surface area contributed by atoms with E-state index in [0.717, 1.165) is 31.5 Å². The van der Waals surface area contributed by atoms with Gasteiger partial charge in [0.1, 0.15) is 0 Å². The van der Waals surface area contributed by atoms with Gasteiger partial charge in [-0.05, 0) is 70.0 Å². The molecule has 7 heteroatoms. The molecule has 0 atom stereocenters. The topological polar surface area (TPSA) is 60.9 Å². The average Bonchev–Trinajstić information content (AvgIpc) is 2.78. The fraction of sp³-hybridized carbons (Fsp3) is 0.458. The minimum absolute atomic E-state index is 0.0291. The van der Waals surface area contributed by atoms with Gasteiger partial charge in [-0.15, -0.1) is 0 Å². The molecule has 0 bridgehead atoms. The van der Waals surface area contributed by atoms with Crippen LogP contribution >= 0.6 is 0 Å². The van der Waals surface area contributed by atoms with Gasteiger partial charge in [0.2, 0.25) is 0 Å². The predicted molar refractivity (Wildman–Crippen MR) is 125 cm³/mol. The summed E-state index contributed by atoms with van der Waals surface area (Å²) >= 11 is 0. The van der Waals surface area contributed by atoms with Crippen molar-refractivity contribution in [3.05, 3.63) is 59.7 Å². The van der Waals surface area contributed by atoms with Crippen LogP contribution in [0.25, 0.3) is 0 Å². The van der Waals surface area contributed by atoms with Crippen LogP contribution in [0.1, 0.15) is 42.6 Å². The first-order valence-electron chi connectivity index (χ1n) is 10.8. The molecule has 1 saturated heterocycles. The molecule has 2 aromatic carbocycles. The molecule has 0 saturated carbocycles. The van der Waals surface area contributed by atoms with Crippen LogP contribution < -0.4 is 4.31 Å². The predicted octanol–water partition coefficient (Wildman–Crippen LogP) is 3.76. The second kappa shape index (κ2) is 9.40. The van der Waals surface area contributed by atoms with Gasteiger partial charge < -0.3 is 9.80 Å². The summed E-state index contributed by atoms with van der Waals surface area (Å²) in [5.41, 5.74) is 2.09. The number of piperidine rings is 1. The lowest BCUT2D eigenvalue weighted by molar-refractivity contribution is 0.0615. The third-order valence-electron chi connectivity index (χ3n) is 6.25. The maximum Gasteiger partial charge on any atom is 0.264 e. The van der Waals surface area contributed by atoms with Crippen LogP contribution in [0.5, 0.6) is 0 Å². The number of carbonyl (C=O) groups is 1. The summed E-state index contributed by atoms with van der Waals surface area (Å²) in [7, 11) is -0.265. The summed E-state index contributed by atoms with van der Waals surface area (Å²) in [5, 5.41) is 0. The van der Waals surface area contributed by atoms with Crippen LogP contribution in [0.4, 0.5) is 5.69 Å². The molecular weight excluding hydrogens is 410 g/mol. The molecule has 6 nitrogen and oxygen atoms in total. The third kappa shape index (κ3) is 5.10. The fourth-order valence-corrected chi connectivity index (χ4v) is 5.18. The van der Waals surface area contributed by atoms with Crippen LogP contribution in [0.3, 0.4) is 0 Å². The Hall–Kier alpha value is -2.38. The summed E-state index contributed by atoms with van der Waals surface area (Å²) in [6.07, 6.45) is 1.94. The quantitative estimate of drug-likeness (QED) is 0.682. The second-order valence-electron chi connectivity index (χ2n) is 8.61. The van der Waals surface area contributed by atoms with Crippen LogP contribution in [-0.4, -0.2) is 63.4 Å². The maximum atomic E-state index is 13.0. The molecule has 1 fully saturated rings. The number of benzene rings is 2. The summed E-state index contributed by atoms with van der Waals surface area (Å²) in [4.78, 5) is 17.5. The number of aryl methyl sites for hydroxylation is 1. The minimum atomic E-state index is -3.65. The first-order chi connectivity index (χ1) is 14.6. The van der Waals surface area contributed by atoms with Crippen LogP contribution in [-0.2, 0) is 10.0 Å². The van der Waals surface area contributed by atoms with E-state index in [1.165, 1.54) is 11.4 Å². The molecule has 0 spiro atoms. The van der Waals surface area contributed by atoms with Crippen molar-refractivity contribution >= 4 is 21.6 Å². The Morgan fingerprint density at radius 3 is 2.03 bits per heavy atom. The molecule has 31 heavy (non-hydrogen) atoms. The lowest BCUT2D eigenvalue weighted by Gasteiger charge is -2.38. The van der Waals surface area contributed by atoms with E-state index < -0.39 is 10.0 Å². The van der Waals surface area contributed by atoms with Gasteiger partial charge in [0.15, 0.2) is 0 Å². The zero-order valence-electron chi connectivity index (χ0n) is 19.1. The van der Waals surface area contributed by atoms with Crippen LogP contribution in [0, 0.1) is 6.92 Å². The van der Waals surface area contributed by atoms with Crippen molar-refractivity contribution in [2.45, 2.75) is 50.6 Å². The van der Waals surface area contributed by atoms with E-state index in [4.69, 9.17) is 0 Å². The highest BCUT2D eigenvalue weighted by molar-refractivity contribution is 7.92. The number of sulfonamides is 1. The molecule has 168 valence electrons. The number of hydrogen-bond acceptors (Lipinski definition) is 4. The number of amides is 1. The summed E-state index contributed by atoms with van der Waals surface area (Å²) in [6.45, 7) is 8.32. The zero-order valence-corrected chi connectivity index (χ0v) is 19.9. The van der Waals surface area contributed by atoms with E-state index in [-0.39, 0.29) is 16.8 Å². The lowest BCUT2D eigenvalue weighted by Crippen LogP contribution is -2.47. The molecule has 3 rings (SSSR count). The van der Waals surface area contributed by atoms with Crippen molar-refractivity contribution in [3.8, 4) is 0 Å². The van der Waals surface area contributed by atoms with Crippen molar-refractivity contribution in [3.63, 3.8) is 0 Å². The largest absolute Gasteiger partial charge is 0.339 e. The monoisotopic (exact) mass is 443 g/mol. The molecule has 0 aliphatic carbocycles. The Morgan fingerprint density at radius 1 is 0.968 bits per heavy atom. The number of anilines is 1. The van der Waals surface area contributed by atoms with Gasteiger partial charge in [-0.1, -0.05) is 17.7 Å². The second-order valence-corrected chi connectivity index (χ2v) is 10.6. The highest BCUT2D eigenvalue weighted by atomic mass is 32.2. The normalized spacial score (nSPS) is 15.8. The molecule has 0 N–H and O–H groups in total. The molecule has 0 aromatic heterocycles. The Labute approximate surface area is 186 Å². The Balaban J connectivity index is 1.69. The molecule has 0 radical (unpaired) electrons. The highest BCUT2D eigenvalue weighted by Gasteiger charge is 2.27. The molecule has 0 unspecified atom stereocenters. The smallest absolute Gasteiger partial charge is 0.264 e. The summed E-state index contributed by atoms with van der Waals surface area (Å²) < 4.78 is 27.0. The fourth-order valence-electron chi connectivity index (χ4n) is 3.98. The first kappa shape index (κ1) is 23.3. The minimum Gasteiger partial charge on any atom is -0.339 e. The van der Waals surface area contributed by atoms with Gasteiger partial charge in [-0.25, -0.2) is 8.42 Å². The van der Waals surface area contributed by atoms with Crippen molar-refractivity contribution in [2.75, 3.05) is 31.5 Å². The highest BCUT2D eigenvalue weighted by Crippen LogP contribution is 2.24. The maximum absolute atomic E-state index is 13.0. The van der Waals surface area contributed by atoms with Gasteiger partial charge in [0.25, 0.3) is 15.9 Å². The number of hydrogen-bond donors (Lipinski definition) is 0. The molecule has 2 aromatic rings. The van der Waals surface area contributed by atoms with E-state index in [1.54, 1.807) is 48.5 Å². The zero-order chi connectivity index (χ0) is 22.8. The van der Waals surface area contributed by atoms with Gasteiger partial charge in [0, 0.05) is 44.8 Å². The lowest BCUT2D eigenvalue weighted by atomic mass is 10.0. The third-order valence-corrected chi connectivity index (χ3v) is 8.05. The molecule has 1 aliphatic rings. The first-order valence-corrected chi connectivity index (χ1v) is 12.2. The van der Waals surface area contributed by atoms with E-state index in [2.05, 4.69) is 18.7 Å². The van der Waals surface area contributed by atoms with E-state index in [1.807, 2.05) is 18.9 Å². The van der Waals surface area contributed by atoms with Crippen LogP contribution in [0.15, 0.2) is 53.4 Å². The van der Waals surface area contributed by atoms with Gasteiger partial charge >= 0.3 is 0 Å².